The number of anilines is 1. The molecule has 1 aliphatic rings. The minimum absolute atomic E-state index is 0.116. The molecule has 2 aromatic rings. The van der Waals surface area contributed by atoms with Crippen LogP contribution in [-0.2, 0) is 4.79 Å². The van der Waals surface area contributed by atoms with Crippen LogP contribution in [-0.4, -0.2) is 19.1 Å². The molecule has 3 rings (SSSR count). The molecule has 1 amide bonds. The van der Waals surface area contributed by atoms with Crippen LogP contribution in [0.15, 0.2) is 54.6 Å². The topological polar surface area (TPSA) is 47.6 Å². The lowest BCUT2D eigenvalue weighted by atomic mass is 10.3. The van der Waals surface area contributed by atoms with E-state index in [0.29, 0.717) is 13.2 Å². The van der Waals surface area contributed by atoms with E-state index < -0.39 is 0 Å². The van der Waals surface area contributed by atoms with Gasteiger partial charge in [-0.25, -0.2) is 0 Å². The molecule has 1 aliphatic carbocycles. The summed E-state index contributed by atoms with van der Waals surface area (Å²) in [6.07, 6.45) is 2.02. The first-order valence-electron chi connectivity index (χ1n) is 7.53. The molecule has 4 nitrogen and oxygen atoms in total. The average molecular weight is 297 g/mol. The Kier molecular flexibility index (Phi) is 4.59. The molecule has 1 fully saturated rings. The van der Waals surface area contributed by atoms with Crippen LogP contribution in [0.25, 0.3) is 0 Å². The van der Waals surface area contributed by atoms with Gasteiger partial charge in [-0.3, -0.25) is 4.79 Å². The molecule has 0 spiro atoms. The lowest BCUT2D eigenvalue weighted by Gasteiger charge is -2.09. The van der Waals surface area contributed by atoms with E-state index in [1.54, 1.807) is 0 Å². The Hall–Kier alpha value is -2.49. The number of ether oxygens (including phenoxy) is 2. The van der Waals surface area contributed by atoms with Gasteiger partial charge in [-0.05, 0) is 49.2 Å². The number of hydrogen-bond donors (Lipinski definition) is 1. The molecule has 0 heterocycles. The molecule has 0 aromatic heterocycles. The van der Waals surface area contributed by atoms with E-state index in [2.05, 4.69) is 5.32 Å². The second-order valence-electron chi connectivity index (χ2n) is 5.30. The molecule has 1 N–H and O–H groups in total. The first-order valence-corrected chi connectivity index (χ1v) is 7.53. The Morgan fingerprint density at radius 1 is 0.909 bits per heavy atom. The molecule has 0 radical (unpaired) electrons. The molecule has 114 valence electrons. The first kappa shape index (κ1) is 14.4. The zero-order chi connectivity index (χ0) is 15.2. The van der Waals surface area contributed by atoms with Crippen LogP contribution in [0, 0.1) is 5.92 Å². The molecule has 22 heavy (non-hydrogen) atoms. The summed E-state index contributed by atoms with van der Waals surface area (Å²) >= 11 is 0. The molecule has 4 heteroatoms. The SMILES string of the molecule is O=C(Nc1ccc(OCCOc2ccccc2)cc1)C1CC1. The second-order valence-corrected chi connectivity index (χ2v) is 5.30. The van der Waals surface area contributed by atoms with E-state index in [4.69, 9.17) is 9.47 Å². The predicted molar refractivity (Wildman–Crippen MR) is 85.2 cm³/mol. The number of benzene rings is 2. The van der Waals surface area contributed by atoms with Crippen molar-refractivity contribution in [3.05, 3.63) is 54.6 Å². The number of rotatable bonds is 7. The minimum atomic E-state index is 0.116. The summed E-state index contributed by atoms with van der Waals surface area (Å²) in [5, 5.41) is 2.90. The van der Waals surface area contributed by atoms with Crippen molar-refractivity contribution in [2.75, 3.05) is 18.5 Å². The number of nitrogens with one attached hydrogen (secondary N) is 1. The zero-order valence-corrected chi connectivity index (χ0v) is 12.3. The van der Waals surface area contributed by atoms with Gasteiger partial charge in [-0.15, -0.1) is 0 Å². The largest absolute Gasteiger partial charge is 0.490 e. The Morgan fingerprint density at radius 2 is 1.50 bits per heavy atom. The standard InChI is InChI=1S/C18H19NO3/c20-18(14-6-7-14)19-15-8-10-17(11-9-15)22-13-12-21-16-4-2-1-3-5-16/h1-5,8-11,14H,6-7,12-13H2,(H,19,20). The van der Waals surface area contributed by atoms with Crippen molar-refractivity contribution in [1.82, 2.24) is 0 Å². The Morgan fingerprint density at radius 3 is 2.09 bits per heavy atom. The van der Waals surface area contributed by atoms with E-state index in [1.807, 2.05) is 54.6 Å². The van der Waals surface area contributed by atoms with Crippen LogP contribution in [0.3, 0.4) is 0 Å². The third-order valence-corrected chi connectivity index (χ3v) is 3.43. The molecule has 0 atom stereocenters. The maximum absolute atomic E-state index is 11.6. The number of carbonyl (C=O) groups excluding carboxylic acids is 1. The quantitative estimate of drug-likeness (QED) is 0.796. The van der Waals surface area contributed by atoms with E-state index in [1.165, 1.54) is 0 Å². The fourth-order valence-corrected chi connectivity index (χ4v) is 2.06. The van der Waals surface area contributed by atoms with Crippen molar-refractivity contribution in [3.8, 4) is 11.5 Å². The van der Waals surface area contributed by atoms with Crippen molar-refractivity contribution in [3.63, 3.8) is 0 Å². The van der Waals surface area contributed by atoms with Gasteiger partial charge in [-0.2, -0.15) is 0 Å². The molecule has 1 saturated carbocycles. The molecular weight excluding hydrogens is 278 g/mol. The third kappa shape index (κ3) is 4.25. The van der Waals surface area contributed by atoms with Crippen LogP contribution in [0.5, 0.6) is 11.5 Å². The summed E-state index contributed by atoms with van der Waals surface area (Å²) in [6, 6.07) is 17.1. The molecule has 0 bridgehead atoms. The van der Waals surface area contributed by atoms with E-state index in [0.717, 1.165) is 30.0 Å². The highest BCUT2D eigenvalue weighted by atomic mass is 16.5. The maximum Gasteiger partial charge on any atom is 0.227 e. The average Bonchev–Trinajstić information content (AvgIpc) is 3.39. The molecular formula is C18H19NO3. The van der Waals surface area contributed by atoms with Crippen molar-refractivity contribution in [2.45, 2.75) is 12.8 Å². The summed E-state index contributed by atoms with van der Waals surface area (Å²) < 4.78 is 11.2. The zero-order valence-electron chi connectivity index (χ0n) is 12.3. The van der Waals surface area contributed by atoms with Gasteiger partial charge in [0.1, 0.15) is 24.7 Å². The fourth-order valence-electron chi connectivity index (χ4n) is 2.06. The smallest absolute Gasteiger partial charge is 0.227 e. The summed E-state index contributed by atoms with van der Waals surface area (Å²) in [5.41, 5.74) is 0.810. The lowest BCUT2D eigenvalue weighted by molar-refractivity contribution is -0.117. The number of para-hydroxylation sites is 1. The van der Waals surface area contributed by atoms with E-state index in [9.17, 15) is 4.79 Å². The van der Waals surface area contributed by atoms with Crippen molar-refractivity contribution >= 4 is 11.6 Å². The van der Waals surface area contributed by atoms with Gasteiger partial charge in [0, 0.05) is 11.6 Å². The first-order chi connectivity index (χ1) is 10.8. The Bertz CT molecular complexity index is 606. The van der Waals surface area contributed by atoms with Gasteiger partial charge in [0.25, 0.3) is 0 Å². The van der Waals surface area contributed by atoms with Gasteiger partial charge in [0.15, 0.2) is 0 Å². The molecule has 0 aliphatic heterocycles. The molecule has 0 saturated heterocycles. The van der Waals surface area contributed by atoms with Crippen molar-refractivity contribution in [1.29, 1.82) is 0 Å². The van der Waals surface area contributed by atoms with Crippen molar-refractivity contribution in [2.24, 2.45) is 5.92 Å². The van der Waals surface area contributed by atoms with Gasteiger partial charge in [0.2, 0.25) is 5.91 Å². The molecule has 2 aromatic carbocycles. The van der Waals surface area contributed by atoms with Crippen LogP contribution in [0.4, 0.5) is 5.69 Å². The van der Waals surface area contributed by atoms with Gasteiger partial charge < -0.3 is 14.8 Å². The second kappa shape index (κ2) is 6.98. The van der Waals surface area contributed by atoms with Gasteiger partial charge in [-0.1, -0.05) is 18.2 Å². The Balaban J connectivity index is 1.40. The maximum atomic E-state index is 11.6. The highest BCUT2D eigenvalue weighted by molar-refractivity contribution is 5.94. The van der Waals surface area contributed by atoms with Crippen LogP contribution in [0.2, 0.25) is 0 Å². The Labute approximate surface area is 130 Å². The summed E-state index contributed by atoms with van der Waals surface area (Å²) in [6.45, 7) is 0.965. The number of amides is 1. The fraction of sp³-hybridized carbons (Fsp3) is 0.278. The third-order valence-electron chi connectivity index (χ3n) is 3.43. The number of hydrogen-bond acceptors (Lipinski definition) is 3. The molecule has 0 unspecified atom stereocenters. The number of carbonyl (C=O) groups is 1. The monoisotopic (exact) mass is 297 g/mol. The minimum Gasteiger partial charge on any atom is -0.490 e. The van der Waals surface area contributed by atoms with Gasteiger partial charge in [0.05, 0.1) is 0 Å². The van der Waals surface area contributed by atoms with Crippen LogP contribution in [0.1, 0.15) is 12.8 Å². The van der Waals surface area contributed by atoms with E-state index >= 15 is 0 Å². The van der Waals surface area contributed by atoms with E-state index in [-0.39, 0.29) is 11.8 Å². The predicted octanol–water partition coefficient (Wildman–Crippen LogP) is 3.49. The highest BCUT2D eigenvalue weighted by Crippen LogP contribution is 2.30. The van der Waals surface area contributed by atoms with Crippen molar-refractivity contribution < 1.29 is 14.3 Å². The van der Waals surface area contributed by atoms with Crippen LogP contribution < -0.4 is 14.8 Å². The summed E-state index contributed by atoms with van der Waals surface area (Å²) in [5.74, 6) is 1.93. The lowest BCUT2D eigenvalue weighted by Crippen LogP contribution is -2.13. The summed E-state index contributed by atoms with van der Waals surface area (Å²) in [7, 11) is 0. The van der Waals surface area contributed by atoms with Gasteiger partial charge >= 0.3 is 0 Å². The summed E-state index contributed by atoms with van der Waals surface area (Å²) in [4.78, 5) is 11.6. The normalized spacial score (nSPS) is 13.5. The van der Waals surface area contributed by atoms with Crippen LogP contribution >= 0.6 is 0 Å². The highest BCUT2D eigenvalue weighted by Gasteiger charge is 2.29.